The zero-order chi connectivity index (χ0) is 28.7. The molecule has 3 heterocycles. The van der Waals surface area contributed by atoms with Crippen LogP contribution in [0.25, 0.3) is 0 Å². The molecule has 0 aliphatic carbocycles. The first-order chi connectivity index (χ1) is 19.0. The van der Waals surface area contributed by atoms with E-state index in [1.165, 1.54) is 24.3 Å². The Morgan fingerprint density at radius 2 is 1.73 bits per heavy atom. The molecule has 0 spiro atoms. The number of amides is 1. The number of likely N-dealkylation sites (tertiary alicyclic amines) is 1. The highest BCUT2D eigenvalue weighted by molar-refractivity contribution is 7.92. The largest absolute Gasteiger partial charge is 0.490 e. The second-order valence-corrected chi connectivity index (χ2v) is 15.4. The summed E-state index contributed by atoms with van der Waals surface area (Å²) in [6, 6.07) is 7.18. The van der Waals surface area contributed by atoms with Gasteiger partial charge >= 0.3 is 0 Å². The van der Waals surface area contributed by atoms with E-state index in [0.29, 0.717) is 18.0 Å². The molecule has 3 aliphatic heterocycles. The van der Waals surface area contributed by atoms with Crippen molar-refractivity contribution in [2.45, 2.75) is 47.9 Å². The summed E-state index contributed by atoms with van der Waals surface area (Å²) in [6.45, 7) is 0.178. The standard InChI is InChI=1S/C27H30ClF2NO7S2/c28-18-4-6-19(7-5-18)40(35,36)27-11-14-37-23(20(27)17-38-26-22(30)9-8-21(29)25(26)27)10-15-39(33,34)16-13-31-12-2-1-3-24(31)32/h4-9,20,23H,1-3,10-17H2/t20-,23-,27-/m0/s1. The lowest BCUT2D eigenvalue weighted by Crippen LogP contribution is -2.57. The molecule has 2 fully saturated rings. The van der Waals surface area contributed by atoms with Gasteiger partial charge in [0, 0.05) is 37.1 Å². The molecule has 0 aromatic heterocycles. The van der Waals surface area contributed by atoms with Gasteiger partial charge in [0.1, 0.15) is 10.6 Å². The van der Waals surface area contributed by atoms with E-state index < -0.39 is 59.4 Å². The van der Waals surface area contributed by atoms with Crippen LogP contribution >= 0.6 is 11.6 Å². The zero-order valence-electron chi connectivity index (χ0n) is 21.7. The van der Waals surface area contributed by atoms with Crippen molar-refractivity contribution in [1.29, 1.82) is 0 Å². The molecule has 218 valence electrons. The Morgan fingerprint density at radius 3 is 2.45 bits per heavy atom. The van der Waals surface area contributed by atoms with Crippen molar-refractivity contribution in [3.05, 3.63) is 58.6 Å². The van der Waals surface area contributed by atoms with Crippen LogP contribution < -0.4 is 4.74 Å². The van der Waals surface area contributed by atoms with Gasteiger partial charge in [0.2, 0.25) is 5.91 Å². The summed E-state index contributed by atoms with van der Waals surface area (Å²) < 4.78 is 94.4. The molecular weight excluding hydrogens is 588 g/mol. The van der Waals surface area contributed by atoms with Gasteiger partial charge < -0.3 is 14.4 Å². The molecule has 8 nitrogen and oxygen atoms in total. The number of hydrogen-bond acceptors (Lipinski definition) is 7. The van der Waals surface area contributed by atoms with Crippen LogP contribution in [0.2, 0.25) is 5.02 Å². The Hall–Kier alpha value is -2.28. The van der Waals surface area contributed by atoms with Crippen LogP contribution in [-0.4, -0.2) is 71.6 Å². The first kappa shape index (κ1) is 29.2. The maximum absolute atomic E-state index is 15.5. The Kier molecular flexibility index (Phi) is 8.17. The van der Waals surface area contributed by atoms with E-state index in [1.807, 2.05) is 0 Å². The van der Waals surface area contributed by atoms with Gasteiger partial charge in [-0.15, -0.1) is 0 Å². The minimum absolute atomic E-state index is 0.0680. The molecular formula is C27H30ClF2NO7S2. The first-order valence-corrected chi connectivity index (χ1v) is 16.9. The number of piperidine rings is 1. The van der Waals surface area contributed by atoms with E-state index in [9.17, 15) is 26.0 Å². The summed E-state index contributed by atoms with van der Waals surface area (Å²) in [6.07, 6.45) is 0.831. The van der Waals surface area contributed by atoms with E-state index in [2.05, 4.69) is 0 Å². The molecule has 5 rings (SSSR count). The van der Waals surface area contributed by atoms with E-state index in [-0.39, 0.29) is 54.9 Å². The van der Waals surface area contributed by atoms with Crippen molar-refractivity contribution in [3.8, 4) is 5.75 Å². The molecule has 2 aromatic rings. The Morgan fingerprint density at radius 1 is 1.00 bits per heavy atom. The predicted octanol–water partition coefficient (Wildman–Crippen LogP) is 3.90. The van der Waals surface area contributed by atoms with Crippen molar-refractivity contribution < 1.29 is 39.9 Å². The maximum atomic E-state index is 15.5. The summed E-state index contributed by atoms with van der Waals surface area (Å²) in [5.41, 5.74) is -0.404. The van der Waals surface area contributed by atoms with Crippen molar-refractivity contribution in [2.24, 2.45) is 5.92 Å². The van der Waals surface area contributed by atoms with Gasteiger partial charge in [-0.05, 0) is 62.1 Å². The molecule has 0 saturated carbocycles. The third-order valence-corrected chi connectivity index (χ3v) is 12.6. The van der Waals surface area contributed by atoms with Crippen LogP contribution in [0.5, 0.6) is 5.75 Å². The van der Waals surface area contributed by atoms with Crippen LogP contribution in [0.15, 0.2) is 41.3 Å². The lowest BCUT2D eigenvalue weighted by atomic mass is 9.75. The van der Waals surface area contributed by atoms with Crippen LogP contribution in [-0.2, 0) is 34.0 Å². The Labute approximate surface area is 237 Å². The van der Waals surface area contributed by atoms with Gasteiger partial charge in [-0.1, -0.05) is 11.6 Å². The molecule has 2 saturated heterocycles. The number of fused-ring (bicyclic) bond motifs is 3. The van der Waals surface area contributed by atoms with Crippen LogP contribution in [0.4, 0.5) is 8.78 Å². The van der Waals surface area contributed by atoms with Crippen LogP contribution in [0, 0.1) is 17.6 Å². The molecule has 0 N–H and O–H groups in total. The lowest BCUT2D eigenvalue weighted by molar-refractivity contribution is -0.132. The van der Waals surface area contributed by atoms with Gasteiger partial charge in [0.25, 0.3) is 0 Å². The summed E-state index contributed by atoms with van der Waals surface area (Å²) in [7, 11) is -8.03. The van der Waals surface area contributed by atoms with Crippen LogP contribution in [0.1, 0.15) is 37.7 Å². The molecule has 0 radical (unpaired) electrons. The number of ether oxygens (including phenoxy) is 2. The smallest absolute Gasteiger partial charge is 0.222 e. The summed E-state index contributed by atoms with van der Waals surface area (Å²) in [5, 5.41) is 0.305. The summed E-state index contributed by atoms with van der Waals surface area (Å²) in [5.74, 6) is -3.94. The maximum Gasteiger partial charge on any atom is 0.222 e. The number of benzene rings is 2. The highest BCUT2D eigenvalue weighted by atomic mass is 35.5. The molecule has 3 atom stereocenters. The van der Waals surface area contributed by atoms with Crippen molar-refractivity contribution >= 4 is 37.2 Å². The van der Waals surface area contributed by atoms with Crippen molar-refractivity contribution in [1.82, 2.24) is 4.90 Å². The van der Waals surface area contributed by atoms with E-state index in [1.54, 1.807) is 4.90 Å². The summed E-state index contributed by atoms with van der Waals surface area (Å²) >= 11 is 5.98. The molecule has 3 aliphatic rings. The second-order valence-electron chi connectivity index (χ2n) is 10.4. The molecule has 0 bridgehead atoms. The number of rotatable bonds is 8. The predicted molar refractivity (Wildman–Crippen MR) is 144 cm³/mol. The first-order valence-electron chi connectivity index (χ1n) is 13.2. The number of nitrogens with zero attached hydrogens (tertiary/aromatic N) is 1. The highest BCUT2D eigenvalue weighted by Crippen LogP contribution is 2.56. The Balaban J connectivity index is 1.47. The minimum Gasteiger partial charge on any atom is -0.490 e. The number of sulfone groups is 2. The third-order valence-electron chi connectivity index (χ3n) is 8.15. The second kappa shape index (κ2) is 11.2. The zero-order valence-corrected chi connectivity index (χ0v) is 24.0. The van der Waals surface area contributed by atoms with Gasteiger partial charge in [0.15, 0.2) is 31.2 Å². The van der Waals surface area contributed by atoms with Gasteiger partial charge in [-0.3, -0.25) is 4.79 Å². The fraction of sp³-hybridized carbons (Fsp3) is 0.519. The molecule has 40 heavy (non-hydrogen) atoms. The lowest BCUT2D eigenvalue weighted by Gasteiger charge is -2.50. The van der Waals surface area contributed by atoms with Crippen molar-refractivity contribution in [3.63, 3.8) is 0 Å². The highest BCUT2D eigenvalue weighted by Gasteiger charge is 2.61. The van der Waals surface area contributed by atoms with Crippen molar-refractivity contribution in [2.75, 3.05) is 37.8 Å². The normalized spacial score (nSPS) is 25.2. The topological polar surface area (TPSA) is 107 Å². The van der Waals surface area contributed by atoms with Crippen LogP contribution in [0.3, 0.4) is 0 Å². The molecule has 0 unspecified atom stereocenters. The van der Waals surface area contributed by atoms with E-state index in [0.717, 1.165) is 25.0 Å². The Bertz CT molecular complexity index is 1500. The third kappa shape index (κ3) is 5.23. The molecule has 2 aromatic carbocycles. The quantitative estimate of drug-likeness (QED) is 0.442. The van der Waals surface area contributed by atoms with E-state index in [4.69, 9.17) is 21.1 Å². The fourth-order valence-electron chi connectivity index (χ4n) is 6.08. The average Bonchev–Trinajstić information content (AvgIpc) is 2.93. The molecule has 13 heteroatoms. The number of halogens is 3. The van der Waals surface area contributed by atoms with Gasteiger partial charge in [-0.25, -0.2) is 25.6 Å². The van der Waals surface area contributed by atoms with E-state index >= 15 is 4.39 Å². The number of carbonyl (C=O) groups is 1. The molecule has 1 amide bonds. The SMILES string of the molecule is O=C1CCCCN1CCS(=O)(=O)CC[C@@H]1OCC[C@@]2(S(=O)(=O)c3ccc(Cl)cc3)c3c(F)ccc(F)c3OC[C@@H]12. The average molecular weight is 618 g/mol. The summed E-state index contributed by atoms with van der Waals surface area (Å²) in [4.78, 5) is 13.5. The monoisotopic (exact) mass is 617 g/mol. The van der Waals surface area contributed by atoms with Gasteiger partial charge in [0.05, 0.1) is 34.7 Å². The minimum atomic E-state index is -4.39. The number of carbonyl (C=O) groups excluding carboxylic acids is 1. The number of hydrogen-bond donors (Lipinski definition) is 0. The fourth-order valence-corrected chi connectivity index (χ4v) is 9.84. The van der Waals surface area contributed by atoms with Gasteiger partial charge in [-0.2, -0.15) is 0 Å².